The first kappa shape index (κ1) is 13.4. The van der Waals surface area contributed by atoms with Crippen molar-refractivity contribution in [2.75, 3.05) is 0 Å². The molecule has 0 spiro atoms. The lowest BCUT2D eigenvalue weighted by molar-refractivity contribution is -0.206. The van der Waals surface area contributed by atoms with Gasteiger partial charge in [-0.05, 0) is 80.0 Å². The number of aliphatic hydroxyl groups is 2. The molecule has 0 saturated heterocycles. The van der Waals surface area contributed by atoms with Crippen LogP contribution in [0.25, 0.3) is 0 Å². The highest BCUT2D eigenvalue weighted by molar-refractivity contribution is 5.13. The van der Waals surface area contributed by atoms with Crippen molar-refractivity contribution in [3.63, 3.8) is 0 Å². The molecule has 2 heteroatoms. The fraction of sp³-hybridized carbons (Fsp3) is 1.00. The Hall–Kier alpha value is -0.0800. The highest BCUT2D eigenvalue weighted by atomic mass is 16.3. The van der Waals surface area contributed by atoms with Gasteiger partial charge in [-0.1, -0.05) is 26.7 Å². The van der Waals surface area contributed by atoms with Crippen LogP contribution in [-0.2, 0) is 0 Å². The van der Waals surface area contributed by atoms with Crippen LogP contribution in [0.15, 0.2) is 0 Å². The molecule has 3 unspecified atom stereocenters. The SMILES string of the molecule is [2H][C@@H]1CC[C@]2(O)CCC3C4CC[C@H](O)[C@@]4(C)CCC3[C@@]2(C)C1. The second kappa shape index (κ2) is 4.47. The van der Waals surface area contributed by atoms with Crippen LogP contribution in [0.1, 0.15) is 79.4 Å². The smallest absolute Gasteiger partial charge is 0.0703 e. The summed E-state index contributed by atoms with van der Waals surface area (Å²) in [5.74, 6) is 1.85. The maximum Gasteiger partial charge on any atom is 0.0703 e. The second-order valence-corrected chi connectivity index (χ2v) is 9.03. The molecule has 0 heterocycles. The first-order valence-electron chi connectivity index (χ1n) is 9.71. The van der Waals surface area contributed by atoms with E-state index in [-0.39, 0.29) is 23.3 Å². The molecule has 0 amide bonds. The molecule has 4 rings (SSSR count). The molecule has 8 atom stereocenters. The normalized spacial score (nSPS) is 64.2. The number of hydrogen-bond donors (Lipinski definition) is 2. The third-order valence-electron chi connectivity index (χ3n) is 8.49. The maximum atomic E-state index is 11.3. The highest BCUT2D eigenvalue weighted by Gasteiger charge is 2.63. The van der Waals surface area contributed by atoms with Crippen molar-refractivity contribution in [2.45, 2.75) is 89.7 Å². The van der Waals surface area contributed by atoms with E-state index in [1.54, 1.807) is 0 Å². The minimum absolute atomic E-state index is 0.00602. The van der Waals surface area contributed by atoms with Gasteiger partial charge in [0.05, 0.1) is 11.7 Å². The van der Waals surface area contributed by atoms with Crippen LogP contribution in [-0.4, -0.2) is 21.9 Å². The van der Waals surface area contributed by atoms with Gasteiger partial charge >= 0.3 is 0 Å². The van der Waals surface area contributed by atoms with E-state index in [4.69, 9.17) is 1.37 Å². The molecular weight excluding hydrogens is 260 g/mol. The molecule has 2 nitrogen and oxygen atoms in total. The van der Waals surface area contributed by atoms with Crippen LogP contribution in [0.4, 0.5) is 0 Å². The quantitative estimate of drug-likeness (QED) is 0.711. The first-order valence-corrected chi connectivity index (χ1v) is 9.13. The molecule has 2 N–H and O–H groups in total. The molecule has 0 aromatic carbocycles. The van der Waals surface area contributed by atoms with Gasteiger partial charge in [0.15, 0.2) is 0 Å². The Labute approximate surface area is 130 Å². The molecule has 21 heavy (non-hydrogen) atoms. The standard InChI is InChI=1S/C19H32O2/c1-17-11-8-15-13(14(17)5-6-16(17)20)7-12-19(21)10-4-3-9-18(15,19)2/h13-16,20-21H,3-12H2,1-2H3/t13?,14?,15?,16-,17-,18+,19-/m0/s1/i3D/t3-,13?,14?,15?,16+,17+,18-,19+/m1. The van der Waals surface area contributed by atoms with Crippen molar-refractivity contribution in [2.24, 2.45) is 28.6 Å². The Morgan fingerprint density at radius 3 is 2.57 bits per heavy atom. The van der Waals surface area contributed by atoms with Crippen molar-refractivity contribution < 1.29 is 11.6 Å². The van der Waals surface area contributed by atoms with E-state index in [1.807, 2.05) is 0 Å². The van der Waals surface area contributed by atoms with E-state index in [9.17, 15) is 10.2 Å². The molecule has 120 valence electrons. The van der Waals surface area contributed by atoms with Crippen LogP contribution >= 0.6 is 0 Å². The van der Waals surface area contributed by atoms with Crippen LogP contribution in [0.3, 0.4) is 0 Å². The Bertz CT molecular complexity index is 468. The van der Waals surface area contributed by atoms with Gasteiger partial charge < -0.3 is 10.2 Å². The molecule has 0 bridgehead atoms. The van der Waals surface area contributed by atoms with Crippen molar-refractivity contribution in [1.82, 2.24) is 0 Å². The van der Waals surface area contributed by atoms with Gasteiger partial charge in [-0.15, -0.1) is 0 Å². The van der Waals surface area contributed by atoms with E-state index in [2.05, 4.69) is 13.8 Å². The zero-order valence-corrected chi connectivity index (χ0v) is 13.6. The molecule has 0 radical (unpaired) electrons. The average Bonchev–Trinajstić information content (AvgIpc) is 2.77. The lowest BCUT2D eigenvalue weighted by atomic mass is 9.44. The lowest BCUT2D eigenvalue weighted by Crippen LogP contribution is -2.61. The van der Waals surface area contributed by atoms with Crippen molar-refractivity contribution in [3.05, 3.63) is 0 Å². The molecule has 0 aromatic rings. The summed E-state index contributed by atoms with van der Waals surface area (Å²) >= 11 is 0. The fourth-order valence-electron chi connectivity index (χ4n) is 6.98. The summed E-state index contributed by atoms with van der Waals surface area (Å²) in [6, 6.07) is 0. The van der Waals surface area contributed by atoms with E-state index in [0.29, 0.717) is 17.8 Å². The number of hydrogen-bond acceptors (Lipinski definition) is 2. The third-order valence-corrected chi connectivity index (χ3v) is 8.49. The van der Waals surface area contributed by atoms with Crippen LogP contribution in [0.2, 0.25) is 0 Å². The molecule has 4 fully saturated rings. The fourth-order valence-corrected chi connectivity index (χ4v) is 6.98. The predicted octanol–water partition coefficient (Wildman–Crippen LogP) is 3.90. The van der Waals surface area contributed by atoms with Gasteiger partial charge in [0, 0.05) is 1.37 Å². The van der Waals surface area contributed by atoms with E-state index in [0.717, 1.165) is 57.8 Å². The summed E-state index contributed by atoms with van der Waals surface area (Å²) in [6.45, 7) is 4.60. The monoisotopic (exact) mass is 293 g/mol. The minimum atomic E-state index is -0.531. The topological polar surface area (TPSA) is 40.5 Å². The lowest BCUT2D eigenvalue weighted by Gasteiger charge is -2.63. The number of aliphatic hydroxyl groups excluding tert-OH is 1. The van der Waals surface area contributed by atoms with Crippen molar-refractivity contribution in [3.8, 4) is 0 Å². The number of rotatable bonds is 0. The van der Waals surface area contributed by atoms with Crippen LogP contribution in [0.5, 0.6) is 0 Å². The van der Waals surface area contributed by atoms with Gasteiger partial charge in [0.1, 0.15) is 0 Å². The van der Waals surface area contributed by atoms with E-state index >= 15 is 0 Å². The maximum absolute atomic E-state index is 11.3. The van der Waals surface area contributed by atoms with Crippen molar-refractivity contribution in [1.29, 1.82) is 0 Å². The second-order valence-electron chi connectivity index (χ2n) is 9.03. The first-order chi connectivity index (χ1) is 10.3. The zero-order valence-electron chi connectivity index (χ0n) is 14.6. The van der Waals surface area contributed by atoms with Gasteiger partial charge in [0.25, 0.3) is 0 Å². The Morgan fingerprint density at radius 1 is 0.952 bits per heavy atom. The Kier molecular flexibility index (Phi) is 2.85. The largest absolute Gasteiger partial charge is 0.393 e. The summed E-state index contributed by atoms with van der Waals surface area (Å²) in [5.41, 5.74) is -0.492. The molecular formula is C19H32O2. The summed E-state index contributed by atoms with van der Waals surface area (Å²) in [6.07, 6.45) is 8.87. The van der Waals surface area contributed by atoms with Gasteiger partial charge in [0.2, 0.25) is 0 Å². The van der Waals surface area contributed by atoms with Crippen LogP contribution < -0.4 is 0 Å². The summed E-state index contributed by atoms with van der Waals surface area (Å²) in [5, 5.41) is 21.8. The molecule has 4 saturated carbocycles. The third kappa shape index (κ3) is 1.72. The van der Waals surface area contributed by atoms with Gasteiger partial charge in [-0.3, -0.25) is 0 Å². The van der Waals surface area contributed by atoms with Crippen molar-refractivity contribution >= 4 is 0 Å². The average molecular weight is 293 g/mol. The minimum Gasteiger partial charge on any atom is -0.393 e. The van der Waals surface area contributed by atoms with Gasteiger partial charge in [-0.2, -0.15) is 0 Å². The predicted molar refractivity (Wildman–Crippen MR) is 83.8 cm³/mol. The highest BCUT2D eigenvalue weighted by Crippen LogP contribution is 2.67. The molecule has 0 aliphatic heterocycles. The molecule has 0 aromatic heterocycles. The summed E-state index contributed by atoms with van der Waals surface area (Å²) < 4.78 is 8.28. The van der Waals surface area contributed by atoms with E-state index in [1.165, 1.54) is 0 Å². The summed E-state index contributed by atoms with van der Waals surface area (Å²) in [7, 11) is 0. The van der Waals surface area contributed by atoms with E-state index < -0.39 is 5.60 Å². The molecule has 4 aliphatic rings. The van der Waals surface area contributed by atoms with Crippen LogP contribution in [0, 0.1) is 28.6 Å². The Morgan fingerprint density at radius 2 is 1.76 bits per heavy atom. The number of fused-ring (bicyclic) bond motifs is 5. The van der Waals surface area contributed by atoms with Gasteiger partial charge in [-0.25, -0.2) is 0 Å². The zero-order chi connectivity index (χ0) is 15.8. The molecule has 4 aliphatic carbocycles. The Balaban J connectivity index is 1.68. The summed E-state index contributed by atoms with van der Waals surface area (Å²) in [4.78, 5) is 0.